The number of ether oxygens (including phenoxy) is 2. The predicted octanol–water partition coefficient (Wildman–Crippen LogP) is 4.13. The van der Waals surface area contributed by atoms with E-state index >= 15 is 0 Å². The Morgan fingerprint density at radius 2 is 1.65 bits per heavy atom. The zero-order chi connectivity index (χ0) is 18.5. The van der Waals surface area contributed by atoms with Crippen LogP contribution in [0.2, 0.25) is 0 Å². The van der Waals surface area contributed by atoms with Gasteiger partial charge in [-0.2, -0.15) is 0 Å². The molecule has 0 N–H and O–H groups in total. The van der Waals surface area contributed by atoms with Crippen LogP contribution >= 0.6 is 0 Å². The minimum absolute atomic E-state index is 0.00228. The van der Waals surface area contributed by atoms with E-state index in [0.717, 1.165) is 19.3 Å². The standard InChI is InChI=1S/C18H18N2O6/c21-19(22)14-5-8-16(9-6-14)25-12-13-4-7-18(10-13)26-17-3-1-2-15(11-17)20(23)24/h1-3,5-6,8-9,11,13,18H,4,7,10,12H2/t13-,18-/m0/s1. The van der Waals surface area contributed by atoms with Gasteiger partial charge in [0.05, 0.1) is 28.6 Å². The van der Waals surface area contributed by atoms with Gasteiger partial charge in [-0.25, -0.2) is 0 Å². The number of benzene rings is 2. The fraction of sp³-hybridized carbons (Fsp3) is 0.333. The van der Waals surface area contributed by atoms with Gasteiger partial charge in [-0.05, 0) is 43.4 Å². The monoisotopic (exact) mass is 358 g/mol. The highest BCUT2D eigenvalue weighted by atomic mass is 16.6. The Kier molecular flexibility index (Phi) is 5.31. The van der Waals surface area contributed by atoms with Crippen LogP contribution in [0.25, 0.3) is 0 Å². The summed E-state index contributed by atoms with van der Waals surface area (Å²) in [6.07, 6.45) is 2.60. The lowest BCUT2D eigenvalue weighted by Gasteiger charge is -2.14. The highest BCUT2D eigenvalue weighted by Gasteiger charge is 2.27. The molecular weight excluding hydrogens is 340 g/mol. The van der Waals surface area contributed by atoms with Crippen LogP contribution in [-0.4, -0.2) is 22.6 Å². The van der Waals surface area contributed by atoms with Crippen molar-refractivity contribution in [2.75, 3.05) is 6.61 Å². The van der Waals surface area contributed by atoms with E-state index in [9.17, 15) is 20.2 Å². The topological polar surface area (TPSA) is 105 Å². The van der Waals surface area contributed by atoms with E-state index in [1.807, 2.05) is 0 Å². The van der Waals surface area contributed by atoms with Crippen molar-refractivity contribution in [3.8, 4) is 11.5 Å². The van der Waals surface area contributed by atoms with Gasteiger partial charge in [0.2, 0.25) is 0 Å². The molecule has 26 heavy (non-hydrogen) atoms. The summed E-state index contributed by atoms with van der Waals surface area (Å²) in [5, 5.41) is 21.5. The largest absolute Gasteiger partial charge is 0.493 e. The SMILES string of the molecule is O=[N+]([O-])c1ccc(OC[C@H]2CC[C@H](Oc3cccc([N+](=O)[O-])c3)C2)cc1. The molecule has 3 rings (SSSR count). The van der Waals surface area contributed by atoms with Gasteiger partial charge >= 0.3 is 0 Å². The zero-order valence-electron chi connectivity index (χ0n) is 13.9. The number of hydrogen-bond donors (Lipinski definition) is 0. The first-order chi connectivity index (χ1) is 12.5. The number of hydrogen-bond acceptors (Lipinski definition) is 6. The maximum atomic E-state index is 10.8. The Morgan fingerprint density at radius 1 is 0.923 bits per heavy atom. The molecule has 0 aromatic heterocycles. The summed E-state index contributed by atoms with van der Waals surface area (Å²) in [6.45, 7) is 0.507. The number of nitro groups is 2. The van der Waals surface area contributed by atoms with E-state index in [0.29, 0.717) is 24.0 Å². The molecule has 1 fully saturated rings. The number of rotatable bonds is 7. The summed E-state index contributed by atoms with van der Waals surface area (Å²) < 4.78 is 11.6. The molecule has 1 aliphatic rings. The van der Waals surface area contributed by atoms with Crippen LogP contribution in [0.3, 0.4) is 0 Å². The van der Waals surface area contributed by atoms with Crippen molar-refractivity contribution >= 4 is 11.4 Å². The van der Waals surface area contributed by atoms with Crippen LogP contribution in [-0.2, 0) is 0 Å². The molecule has 0 saturated heterocycles. The number of non-ortho nitro benzene ring substituents is 2. The Hall–Kier alpha value is -3.16. The van der Waals surface area contributed by atoms with Gasteiger partial charge in [0, 0.05) is 18.2 Å². The third kappa shape index (κ3) is 4.47. The fourth-order valence-corrected chi connectivity index (χ4v) is 3.03. The van der Waals surface area contributed by atoms with E-state index < -0.39 is 9.85 Å². The first kappa shape index (κ1) is 17.7. The summed E-state index contributed by atoms with van der Waals surface area (Å²) >= 11 is 0. The highest BCUT2D eigenvalue weighted by molar-refractivity contribution is 5.38. The average Bonchev–Trinajstić information content (AvgIpc) is 3.08. The molecule has 0 unspecified atom stereocenters. The molecule has 0 heterocycles. The summed E-state index contributed by atoms with van der Waals surface area (Å²) in [5.74, 6) is 1.41. The normalized spacial score (nSPS) is 19.1. The molecular formula is C18H18N2O6. The second kappa shape index (κ2) is 7.81. The molecule has 0 aliphatic heterocycles. The highest BCUT2D eigenvalue weighted by Crippen LogP contribution is 2.31. The summed E-state index contributed by atoms with van der Waals surface area (Å²) in [4.78, 5) is 20.6. The van der Waals surface area contributed by atoms with E-state index in [4.69, 9.17) is 9.47 Å². The van der Waals surface area contributed by atoms with Gasteiger partial charge in [0.15, 0.2) is 0 Å². The number of nitrogens with zero attached hydrogens (tertiary/aromatic N) is 2. The third-order valence-corrected chi connectivity index (χ3v) is 4.36. The van der Waals surface area contributed by atoms with Gasteiger partial charge in [0.1, 0.15) is 11.5 Å². The molecule has 0 spiro atoms. The summed E-state index contributed by atoms with van der Waals surface area (Å²) in [6, 6.07) is 12.2. The van der Waals surface area contributed by atoms with Crippen molar-refractivity contribution < 1.29 is 19.3 Å². The quantitative estimate of drug-likeness (QED) is 0.544. The second-order valence-corrected chi connectivity index (χ2v) is 6.24. The van der Waals surface area contributed by atoms with Crippen LogP contribution in [0.5, 0.6) is 11.5 Å². The van der Waals surface area contributed by atoms with Gasteiger partial charge < -0.3 is 9.47 Å². The van der Waals surface area contributed by atoms with Crippen LogP contribution in [0.1, 0.15) is 19.3 Å². The Bertz CT molecular complexity index is 793. The predicted molar refractivity (Wildman–Crippen MR) is 93.4 cm³/mol. The van der Waals surface area contributed by atoms with Gasteiger partial charge in [-0.1, -0.05) is 6.07 Å². The minimum Gasteiger partial charge on any atom is -0.493 e. The molecule has 2 atom stereocenters. The van der Waals surface area contributed by atoms with E-state index in [1.54, 1.807) is 24.3 Å². The molecule has 2 aromatic rings. The van der Waals surface area contributed by atoms with Gasteiger partial charge in [-0.3, -0.25) is 20.2 Å². The van der Waals surface area contributed by atoms with E-state index in [-0.39, 0.29) is 17.5 Å². The molecule has 8 heteroatoms. The molecule has 8 nitrogen and oxygen atoms in total. The lowest BCUT2D eigenvalue weighted by Crippen LogP contribution is -2.15. The van der Waals surface area contributed by atoms with Crippen LogP contribution < -0.4 is 9.47 Å². The Labute approximate surface area is 149 Å². The Balaban J connectivity index is 1.48. The lowest BCUT2D eigenvalue weighted by molar-refractivity contribution is -0.385. The molecule has 0 radical (unpaired) electrons. The molecule has 2 aromatic carbocycles. The van der Waals surface area contributed by atoms with Crippen molar-refractivity contribution in [3.05, 3.63) is 68.8 Å². The van der Waals surface area contributed by atoms with Crippen LogP contribution in [0.4, 0.5) is 11.4 Å². The lowest BCUT2D eigenvalue weighted by atomic mass is 10.1. The summed E-state index contributed by atoms with van der Waals surface area (Å²) in [5.41, 5.74) is 0.0437. The first-order valence-electron chi connectivity index (χ1n) is 8.29. The molecule has 1 aliphatic carbocycles. The molecule has 1 saturated carbocycles. The smallest absolute Gasteiger partial charge is 0.273 e. The van der Waals surface area contributed by atoms with Crippen molar-refractivity contribution in [2.24, 2.45) is 5.92 Å². The van der Waals surface area contributed by atoms with E-state index in [1.165, 1.54) is 24.3 Å². The van der Waals surface area contributed by atoms with Crippen molar-refractivity contribution in [3.63, 3.8) is 0 Å². The van der Waals surface area contributed by atoms with Crippen LogP contribution in [0, 0.1) is 26.1 Å². The molecule has 136 valence electrons. The minimum atomic E-state index is -0.448. The van der Waals surface area contributed by atoms with E-state index in [2.05, 4.69) is 0 Å². The van der Waals surface area contributed by atoms with Crippen molar-refractivity contribution in [1.29, 1.82) is 0 Å². The second-order valence-electron chi connectivity index (χ2n) is 6.24. The maximum Gasteiger partial charge on any atom is 0.273 e. The van der Waals surface area contributed by atoms with Crippen molar-refractivity contribution in [1.82, 2.24) is 0 Å². The van der Waals surface area contributed by atoms with Gasteiger partial charge in [-0.15, -0.1) is 0 Å². The van der Waals surface area contributed by atoms with Gasteiger partial charge in [0.25, 0.3) is 11.4 Å². The van der Waals surface area contributed by atoms with Crippen LogP contribution in [0.15, 0.2) is 48.5 Å². The Morgan fingerprint density at radius 3 is 2.35 bits per heavy atom. The third-order valence-electron chi connectivity index (χ3n) is 4.36. The summed E-state index contributed by atoms with van der Waals surface area (Å²) in [7, 11) is 0. The molecule has 0 bridgehead atoms. The first-order valence-corrected chi connectivity index (χ1v) is 8.29. The van der Waals surface area contributed by atoms with Crippen molar-refractivity contribution in [2.45, 2.75) is 25.4 Å². The average molecular weight is 358 g/mol. The fourth-order valence-electron chi connectivity index (χ4n) is 3.03. The maximum absolute atomic E-state index is 10.8. The zero-order valence-corrected chi connectivity index (χ0v) is 13.9. The molecule has 0 amide bonds. The number of nitro benzene ring substituents is 2.